The Balaban J connectivity index is 0.000000292. The molecule has 0 aliphatic heterocycles. The summed E-state index contributed by atoms with van der Waals surface area (Å²) < 4.78 is 0. The van der Waals surface area contributed by atoms with Crippen molar-refractivity contribution in [2.45, 2.75) is 6.92 Å². The zero-order valence-electron chi connectivity index (χ0n) is 6.10. The number of halogens is 1. The number of hydrogen-bond donors (Lipinski definition) is 1. The highest BCUT2D eigenvalue weighted by Gasteiger charge is 1.86. The van der Waals surface area contributed by atoms with Gasteiger partial charge in [0.25, 0.3) is 0 Å². The van der Waals surface area contributed by atoms with E-state index in [4.69, 9.17) is 21.8 Å². The molecule has 0 atom stereocenters. The first kappa shape index (κ1) is 9.89. The van der Waals surface area contributed by atoms with Crippen LogP contribution in [-0.2, 0) is 4.79 Å². The third-order valence-corrected chi connectivity index (χ3v) is 1.50. The maximum absolute atomic E-state index is 8.35. The molecule has 58 valence electrons. The molecule has 0 spiro atoms. The minimum atomic E-state index is 0.750. The summed E-state index contributed by atoms with van der Waals surface area (Å²) in [5.74, 6) is 0. The molecular weight excluding hydrogens is 162 g/mol. The minimum absolute atomic E-state index is 0.750. The molecule has 0 amide bonds. The third kappa shape index (κ3) is 4.31. The Bertz CT molecular complexity index is 233. The summed E-state index contributed by atoms with van der Waals surface area (Å²) in [4.78, 5) is 8.35. The number of carbonyl (C=O) groups excluding carboxylic acids is 1. The normalized spacial score (nSPS) is 7.45. The topological polar surface area (TPSA) is 40.9 Å². The smallest absolute Gasteiger partial charge is 0.222 e. The maximum Gasteiger partial charge on any atom is 0.231 e. The molecule has 1 rings (SSSR count). The molecule has 0 saturated heterocycles. The van der Waals surface area contributed by atoms with Gasteiger partial charge in [0.1, 0.15) is 0 Å². The van der Waals surface area contributed by atoms with Gasteiger partial charge in [-0.25, -0.2) is 10.2 Å². The molecule has 2 nitrogen and oxygen atoms in total. The molecule has 0 fully saturated rings. The fourth-order valence-corrected chi connectivity index (χ4v) is 0.687. The minimum Gasteiger partial charge on any atom is -0.222 e. The molecule has 3 heteroatoms. The van der Waals surface area contributed by atoms with Crippen molar-refractivity contribution in [1.82, 2.24) is 0 Å². The first-order valence-electron chi connectivity index (χ1n) is 2.97. The lowest BCUT2D eigenvalue weighted by Gasteiger charge is -1.90. The van der Waals surface area contributed by atoms with Crippen molar-refractivity contribution in [2.24, 2.45) is 0 Å². The highest BCUT2D eigenvalue weighted by atomic mass is 35.5. The molecule has 1 aromatic rings. The van der Waals surface area contributed by atoms with Gasteiger partial charge in [-0.05, 0) is 18.6 Å². The van der Waals surface area contributed by atoms with Crippen LogP contribution < -0.4 is 0 Å². The Hall–Kier alpha value is -1.11. The van der Waals surface area contributed by atoms with Crippen LogP contribution in [0.15, 0.2) is 24.3 Å². The Morgan fingerprint density at radius 1 is 1.45 bits per heavy atom. The number of hydrogen-bond acceptors (Lipinski definition) is 2. The summed E-state index contributed by atoms with van der Waals surface area (Å²) in [7, 11) is 0. The average Bonchev–Trinajstić information content (AvgIpc) is 1.97. The molecule has 0 aliphatic carbocycles. The Kier molecular flexibility index (Phi) is 5.09. The molecule has 1 aromatic carbocycles. The van der Waals surface area contributed by atoms with Crippen LogP contribution in [0.4, 0.5) is 0 Å². The average molecular weight is 170 g/mol. The van der Waals surface area contributed by atoms with E-state index in [1.165, 1.54) is 0 Å². The van der Waals surface area contributed by atoms with Crippen molar-refractivity contribution in [3.8, 4) is 0 Å². The standard InChI is InChI=1S/C7H7Cl.CHNO/c1-6-4-2-3-5-7(6)8;2-1-3/h2-5H,1H3;2H. The van der Waals surface area contributed by atoms with Crippen molar-refractivity contribution in [3.05, 3.63) is 34.9 Å². The fraction of sp³-hybridized carbons (Fsp3) is 0.125. The van der Waals surface area contributed by atoms with E-state index < -0.39 is 0 Å². The van der Waals surface area contributed by atoms with Crippen LogP contribution in [-0.4, -0.2) is 6.08 Å². The van der Waals surface area contributed by atoms with Crippen molar-refractivity contribution >= 4 is 17.7 Å². The van der Waals surface area contributed by atoms with E-state index in [0.717, 1.165) is 16.7 Å². The van der Waals surface area contributed by atoms with Gasteiger partial charge in [0, 0.05) is 5.02 Å². The van der Waals surface area contributed by atoms with E-state index in [0.29, 0.717) is 0 Å². The number of nitrogens with one attached hydrogen (secondary N) is 1. The van der Waals surface area contributed by atoms with E-state index >= 15 is 0 Å². The van der Waals surface area contributed by atoms with Gasteiger partial charge in [0.15, 0.2) is 0 Å². The fourth-order valence-electron chi connectivity index (χ4n) is 0.551. The van der Waals surface area contributed by atoms with Crippen LogP contribution in [0.25, 0.3) is 0 Å². The van der Waals surface area contributed by atoms with Gasteiger partial charge in [-0.2, -0.15) is 0 Å². The number of aryl methyl sites for hydroxylation is 1. The van der Waals surface area contributed by atoms with Crippen LogP contribution in [0.2, 0.25) is 5.02 Å². The lowest BCUT2D eigenvalue weighted by molar-refractivity contribution is 0.563. The molecule has 0 aliphatic rings. The van der Waals surface area contributed by atoms with Crippen molar-refractivity contribution in [3.63, 3.8) is 0 Å². The molecule has 11 heavy (non-hydrogen) atoms. The van der Waals surface area contributed by atoms with E-state index in [9.17, 15) is 0 Å². The summed E-state index contributed by atoms with van der Waals surface area (Å²) in [5, 5.41) is 6.24. The molecule has 0 radical (unpaired) electrons. The third-order valence-electron chi connectivity index (χ3n) is 1.08. The maximum atomic E-state index is 8.35. The van der Waals surface area contributed by atoms with Crippen molar-refractivity contribution < 1.29 is 4.79 Å². The SMILES string of the molecule is Cc1ccccc1Cl.N=C=O. The predicted molar refractivity (Wildman–Crippen MR) is 44.6 cm³/mol. The van der Waals surface area contributed by atoms with Crippen molar-refractivity contribution in [2.75, 3.05) is 0 Å². The van der Waals surface area contributed by atoms with E-state index in [-0.39, 0.29) is 0 Å². The Morgan fingerprint density at radius 3 is 2.18 bits per heavy atom. The molecule has 0 saturated carbocycles. The molecule has 0 heterocycles. The summed E-state index contributed by atoms with van der Waals surface area (Å²) in [6.07, 6.45) is 0.750. The largest absolute Gasteiger partial charge is 0.231 e. The zero-order valence-corrected chi connectivity index (χ0v) is 6.85. The zero-order chi connectivity index (χ0) is 8.69. The number of rotatable bonds is 0. The van der Waals surface area contributed by atoms with Gasteiger partial charge in [-0.15, -0.1) is 0 Å². The van der Waals surface area contributed by atoms with E-state index in [2.05, 4.69) is 0 Å². The summed E-state index contributed by atoms with van der Waals surface area (Å²) in [5.41, 5.74) is 1.13. The van der Waals surface area contributed by atoms with Crippen LogP contribution in [0.3, 0.4) is 0 Å². The number of isocyanates is 1. The van der Waals surface area contributed by atoms with Gasteiger partial charge in [0.2, 0.25) is 6.08 Å². The van der Waals surface area contributed by atoms with Crippen LogP contribution >= 0.6 is 11.6 Å². The Morgan fingerprint density at radius 2 is 1.91 bits per heavy atom. The predicted octanol–water partition coefficient (Wildman–Crippen LogP) is 2.55. The summed E-state index contributed by atoms with van der Waals surface area (Å²) >= 11 is 5.71. The highest BCUT2D eigenvalue weighted by molar-refractivity contribution is 6.31. The van der Waals surface area contributed by atoms with Gasteiger partial charge >= 0.3 is 0 Å². The molecule has 0 unspecified atom stereocenters. The Labute approximate surface area is 70.3 Å². The van der Waals surface area contributed by atoms with Gasteiger partial charge in [-0.3, -0.25) is 0 Å². The highest BCUT2D eigenvalue weighted by Crippen LogP contribution is 2.11. The van der Waals surface area contributed by atoms with Crippen LogP contribution in [0, 0.1) is 12.3 Å². The van der Waals surface area contributed by atoms with Crippen LogP contribution in [0.5, 0.6) is 0 Å². The first-order chi connectivity index (χ1) is 5.22. The molecule has 0 bridgehead atoms. The van der Waals surface area contributed by atoms with Crippen LogP contribution in [0.1, 0.15) is 5.56 Å². The molecular formula is C8H8ClNO. The van der Waals surface area contributed by atoms with Crippen molar-refractivity contribution in [1.29, 1.82) is 5.41 Å². The molecule has 0 aromatic heterocycles. The second kappa shape index (κ2) is 5.66. The van der Waals surface area contributed by atoms with Gasteiger partial charge in [-0.1, -0.05) is 29.8 Å². The van der Waals surface area contributed by atoms with E-state index in [1.807, 2.05) is 31.2 Å². The lowest BCUT2D eigenvalue weighted by Crippen LogP contribution is -1.68. The quantitative estimate of drug-likeness (QED) is 0.471. The first-order valence-corrected chi connectivity index (χ1v) is 3.35. The van der Waals surface area contributed by atoms with Gasteiger partial charge in [0.05, 0.1) is 0 Å². The lowest BCUT2D eigenvalue weighted by atomic mass is 10.2. The number of benzene rings is 1. The second-order valence-electron chi connectivity index (χ2n) is 1.85. The van der Waals surface area contributed by atoms with E-state index in [1.54, 1.807) is 0 Å². The summed E-state index contributed by atoms with van der Waals surface area (Å²) in [6.45, 7) is 1.99. The molecule has 1 N–H and O–H groups in total. The summed E-state index contributed by atoms with van der Waals surface area (Å²) in [6, 6.07) is 7.77. The monoisotopic (exact) mass is 169 g/mol. The second-order valence-corrected chi connectivity index (χ2v) is 2.26. The van der Waals surface area contributed by atoms with Gasteiger partial charge < -0.3 is 0 Å².